The molecule has 0 saturated heterocycles. The zero-order valence-electron chi connectivity index (χ0n) is 32.7. The summed E-state index contributed by atoms with van der Waals surface area (Å²) < 4.78 is 16.5. The van der Waals surface area contributed by atoms with E-state index in [2.05, 4.69) is 57.2 Å². The second kappa shape index (κ2) is 39.2. The molecule has 0 aromatic carbocycles. The highest BCUT2D eigenvalue weighted by atomic mass is 16.6. The van der Waals surface area contributed by atoms with Crippen molar-refractivity contribution in [1.29, 1.82) is 0 Å². The fraction of sp³-hybridized carbons (Fsp3) is 0.750. The third-order valence-corrected chi connectivity index (χ3v) is 8.60. The van der Waals surface area contributed by atoms with Crippen LogP contribution in [0.5, 0.6) is 0 Å². The quantitative estimate of drug-likeness (QED) is 0.0280. The summed E-state index contributed by atoms with van der Waals surface area (Å²) in [6.07, 6.45) is 44.1. The molecule has 0 N–H and O–H groups in total. The molecular formula is C44H76O6. The molecule has 0 aromatic heterocycles. The molecule has 0 fully saturated rings. The Morgan fingerprint density at radius 1 is 0.440 bits per heavy atom. The van der Waals surface area contributed by atoms with Crippen LogP contribution in [0.15, 0.2) is 48.6 Å². The molecule has 0 saturated carbocycles. The van der Waals surface area contributed by atoms with E-state index in [9.17, 15) is 14.4 Å². The fourth-order valence-electron chi connectivity index (χ4n) is 5.48. The first-order valence-electron chi connectivity index (χ1n) is 20.6. The Balaban J connectivity index is 4.45. The number of unbranched alkanes of at least 4 members (excludes halogenated alkanes) is 18. The number of hydrogen-bond donors (Lipinski definition) is 0. The van der Waals surface area contributed by atoms with Gasteiger partial charge in [0.05, 0.1) is 6.42 Å². The molecule has 0 aromatic rings. The first-order valence-corrected chi connectivity index (χ1v) is 20.6. The molecule has 0 aliphatic heterocycles. The maximum Gasteiger partial charge on any atom is 0.309 e. The Morgan fingerprint density at radius 2 is 0.880 bits per heavy atom. The van der Waals surface area contributed by atoms with Gasteiger partial charge in [-0.1, -0.05) is 172 Å². The highest BCUT2D eigenvalue weighted by Crippen LogP contribution is 2.14. The minimum atomic E-state index is -0.806. The van der Waals surface area contributed by atoms with Gasteiger partial charge in [-0.15, -0.1) is 0 Å². The van der Waals surface area contributed by atoms with Crippen molar-refractivity contribution in [3.63, 3.8) is 0 Å². The van der Waals surface area contributed by atoms with Crippen LogP contribution < -0.4 is 0 Å². The van der Waals surface area contributed by atoms with Crippen LogP contribution >= 0.6 is 0 Å². The molecule has 50 heavy (non-hydrogen) atoms. The average Bonchev–Trinajstić information content (AvgIpc) is 3.11. The van der Waals surface area contributed by atoms with Gasteiger partial charge < -0.3 is 14.2 Å². The maximum atomic E-state index is 12.6. The van der Waals surface area contributed by atoms with E-state index >= 15 is 0 Å². The van der Waals surface area contributed by atoms with Crippen molar-refractivity contribution in [3.05, 3.63) is 48.6 Å². The molecule has 0 aliphatic carbocycles. The van der Waals surface area contributed by atoms with Gasteiger partial charge in [0.1, 0.15) is 13.2 Å². The summed E-state index contributed by atoms with van der Waals surface area (Å²) >= 11 is 0. The van der Waals surface area contributed by atoms with E-state index in [1.54, 1.807) is 6.08 Å². The molecule has 0 amide bonds. The molecule has 0 aliphatic rings. The third-order valence-electron chi connectivity index (χ3n) is 8.60. The normalized spacial score (nSPS) is 12.5. The van der Waals surface area contributed by atoms with E-state index in [1.165, 1.54) is 83.5 Å². The Morgan fingerprint density at radius 3 is 1.44 bits per heavy atom. The number of esters is 3. The molecule has 6 heteroatoms. The van der Waals surface area contributed by atoms with Gasteiger partial charge >= 0.3 is 17.9 Å². The topological polar surface area (TPSA) is 78.9 Å². The molecule has 0 spiro atoms. The Labute approximate surface area is 307 Å². The van der Waals surface area contributed by atoms with Gasteiger partial charge in [-0.25, -0.2) is 0 Å². The van der Waals surface area contributed by atoms with Crippen LogP contribution in [0.3, 0.4) is 0 Å². The summed E-state index contributed by atoms with van der Waals surface area (Å²) in [6.45, 7) is 6.35. The monoisotopic (exact) mass is 701 g/mol. The van der Waals surface area contributed by atoms with Gasteiger partial charge in [0.2, 0.25) is 0 Å². The van der Waals surface area contributed by atoms with Gasteiger partial charge in [-0.3, -0.25) is 14.4 Å². The molecule has 1 atom stereocenters. The van der Waals surface area contributed by atoms with E-state index in [0.29, 0.717) is 12.8 Å². The largest absolute Gasteiger partial charge is 0.462 e. The molecule has 288 valence electrons. The van der Waals surface area contributed by atoms with E-state index in [4.69, 9.17) is 14.2 Å². The van der Waals surface area contributed by atoms with Crippen molar-refractivity contribution in [1.82, 2.24) is 0 Å². The number of carbonyl (C=O) groups excluding carboxylic acids is 3. The van der Waals surface area contributed by atoms with Gasteiger partial charge in [-0.05, 0) is 51.4 Å². The fourth-order valence-corrected chi connectivity index (χ4v) is 5.48. The first-order chi connectivity index (χ1) is 24.5. The molecule has 0 bridgehead atoms. The lowest BCUT2D eigenvalue weighted by atomic mass is 10.0. The molecule has 0 radical (unpaired) electrons. The second-order valence-electron chi connectivity index (χ2n) is 13.5. The van der Waals surface area contributed by atoms with Crippen molar-refractivity contribution in [2.45, 2.75) is 200 Å². The molecule has 1 unspecified atom stereocenters. The Hall–Kier alpha value is -2.63. The van der Waals surface area contributed by atoms with Crippen molar-refractivity contribution in [2.75, 3.05) is 13.2 Å². The van der Waals surface area contributed by atoms with Crippen molar-refractivity contribution < 1.29 is 28.6 Å². The minimum Gasteiger partial charge on any atom is -0.462 e. The summed E-state index contributed by atoms with van der Waals surface area (Å²) in [5, 5.41) is 0. The highest BCUT2D eigenvalue weighted by molar-refractivity contribution is 5.72. The predicted octanol–water partition coefficient (Wildman–Crippen LogP) is 12.8. The number of allylic oxidation sites excluding steroid dienone is 7. The number of carbonyl (C=O) groups is 3. The van der Waals surface area contributed by atoms with Crippen LogP contribution in [-0.4, -0.2) is 37.2 Å². The molecule has 0 heterocycles. The number of rotatable bonds is 36. The second-order valence-corrected chi connectivity index (χ2v) is 13.5. The smallest absolute Gasteiger partial charge is 0.309 e. The van der Waals surface area contributed by atoms with Gasteiger partial charge in [0.25, 0.3) is 0 Å². The average molecular weight is 701 g/mol. The van der Waals surface area contributed by atoms with Crippen LogP contribution in [0.1, 0.15) is 194 Å². The molecular weight excluding hydrogens is 624 g/mol. The summed E-state index contributed by atoms with van der Waals surface area (Å²) in [5.74, 6) is -1.05. The first kappa shape index (κ1) is 47.4. The lowest BCUT2D eigenvalue weighted by Crippen LogP contribution is -2.30. The zero-order valence-corrected chi connectivity index (χ0v) is 32.7. The lowest BCUT2D eigenvalue weighted by molar-refractivity contribution is -0.166. The Bertz CT molecular complexity index is 902. The summed E-state index contributed by atoms with van der Waals surface area (Å²) in [6, 6.07) is 0. The van der Waals surface area contributed by atoms with Crippen LogP contribution in [-0.2, 0) is 28.6 Å². The minimum absolute atomic E-state index is 0.102. The van der Waals surface area contributed by atoms with Crippen molar-refractivity contribution in [2.24, 2.45) is 0 Å². The van der Waals surface area contributed by atoms with E-state index in [0.717, 1.165) is 70.6 Å². The predicted molar refractivity (Wildman–Crippen MR) is 210 cm³/mol. The maximum absolute atomic E-state index is 12.6. The van der Waals surface area contributed by atoms with Crippen LogP contribution in [0.4, 0.5) is 0 Å². The molecule has 0 rings (SSSR count). The Kier molecular flexibility index (Phi) is 37.1. The van der Waals surface area contributed by atoms with E-state index < -0.39 is 12.1 Å². The van der Waals surface area contributed by atoms with Crippen LogP contribution in [0.25, 0.3) is 0 Å². The van der Waals surface area contributed by atoms with E-state index in [-0.39, 0.29) is 31.6 Å². The summed E-state index contributed by atoms with van der Waals surface area (Å²) in [7, 11) is 0. The number of hydrogen-bond acceptors (Lipinski definition) is 6. The standard InChI is InChI=1S/C44H76O6/c1-4-7-10-13-16-19-21-23-25-28-31-34-37-43(46)49-40-41(39-48-42(45)36-33-30-27-24-18-15-12-9-6-3)50-44(47)38-35-32-29-26-22-20-17-14-11-8-5-2/h9,12,14,17-18,24,30,33,41H,4-8,10-11,13,15-16,19-23,25-29,31-32,34-40H2,1-3H3/b12-9-,17-14-,24-18-,33-30-. The van der Waals surface area contributed by atoms with Crippen LogP contribution in [0, 0.1) is 0 Å². The zero-order chi connectivity index (χ0) is 36.6. The van der Waals surface area contributed by atoms with E-state index in [1.807, 2.05) is 6.08 Å². The van der Waals surface area contributed by atoms with Crippen molar-refractivity contribution in [3.8, 4) is 0 Å². The SMILES string of the molecule is CC/C=C\C/C=C\C/C=C\CC(=O)OCC(COC(=O)CCCCCCCCCCCCCC)OC(=O)CCCCCCC/C=C\CCCC. The molecule has 6 nitrogen and oxygen atoms in total. The lowest BCUT2D eigenvalue weighted by Gasteiger charge is -2.18. The van der Waals surface area contributed by atoms with Crippen molar-refractivity contribution >= 4 is 17.9 Å². The highest BCUT2D eigenvalue weighted by Gasteiger charge is 2.19. The van der Waals surface area contributed by atoms with Crippen LogP contribution in [0.2, 0.25) is 0 Å². The third kappa shape index (κ3) is 36.6. The van der Waals surface area contributed by atoms with Gasteiger partial charge in [0.15, 0.2) is 6.10 Å². The number of ether oxygens (including phenoxy) is 3. The summed E-state index contributed by atoms with van der Waals surface area (Å²) in [5.41, 5.74) is 0. The summed E-state index contributed by atoms with van der Waals surface area (Å²) in [4.78, 5) is 37.4. The van der Waals surface area contributed by atoms with Gasteiger partial charge in [-0.2, -0.15) is 0 Å². The van der Waals surface area contributed by atoms with Gasteiger partial charge in [0, 0.05) is 12.8 Å².